The molecule has 0 aliphatic carbocycles. The van der Waals surface area contributed by atoms with Crippen LogP contribution in [0.5, 0.6) is 0 Å². The topological polar surface area (TPSA) is 24.7 Å². The lowest BCUT2D eigenvalue weighted by atomic mass is 10.2. The molecule has 0 spiro atoms. The van der Waals surface area contributed by atoms with E-state index in [-0.39, 0.29) is 0 Å². The van der Waals surface area contributed by atoms with E-state index in [0.29, 0.717) is 10.7 Å². The van der Waals surface area contributed by atoms with E-state index in [0.717, 1.165) is 11.3 Å². The fourth-order valence-corrected chi connectivity index (χ4v) is 1.69. The van der Waals surface area contributed by atoms with Crippen LogP contribution >= 0.6 is 11.6 Å². The van der Waals surface area contributed by atoms with Gasteiger partial charge in [0.05, 0.1) is 10.7 Å². The molecule has 0 amide bonds. The Hall–Kier alpha value is -1.67. The van der Waals surface area contributed by atoms with Crippen molar-refractivity contribution in [3.8, 4) is 0 Å². The van der Waals surface area contributed by atoms with Gasteiger partial charge in [-0.1, -0.05) is 35.4 Å². The third kappa shape index (κ3) is 3.14. The number of nitrogens with zero attached hydrogens (tertiary/aromatic N) is 2. The van der Waals surface area contributed by atoms with E-state index in [1.807, 2.05) is 56.3 Å². The molecule has 0 atom stereocenters. The van der Waals surface area contributed by atoms with Crippen molar-refractivity contribution in [1.29, 1.82) is 0 Å². The number of hydrogen-bond acceptors (Lipinski definition) is 2. The number of azo groups is 1. The molecule has 0 fully saturated rings. The van der Waals surface area contributed by atoms with Gasteiger partial charge in [0.1, 0.15) is 5.69 Å². The normalized spacial score (nSPS) is 11.0. The summed E-state index contributed by atoms with van der Waals surface area (Å²) in [7, 11) is 0. The highest BCUT2D eigenvalue weighted by Crippen LogP contribution is 2.27. The van der Waals surface area contributed by atoms with Gasteiger partial charge in [-0.05, 0) is 43.7 Å². The fraction of sp³-hybridized carbons (Fsp3) is 0.143. The van der Waals surface area contributed by atoms with Gasteiger partial charge in [0.2, 0.25) is 0 Å². The number of halogens is 1. The van der Waals surface area contributed by atoms with Gasteiger partial charge in [-0.2, -0.15) is 5.11 Å². The lowest BCUT2D eigenvalue weighted by molar-refractivity contribution is 1.22. The van der Waals surface area contributed by atoms with Crippen LogP contribution in [-0.2, 0) is 0 Å². The standard InChI is InChI=1S/C14H13ClN2/c1-10-3-6-12(7-4-10)16-17-14-8-5-11(2)9-13(14)15/h3-9H,1-2H3. The molecule has 0 unspecified atom stereocenters. The first-order valence-corrected chi connectivity index (χ1v) is 5.77. The maximum absolute atomic E-state index is 6.07. The molecule has 0 aromatic heterocycles. The van der Waals surface area contributed by atoms with E-state index >= 15 is 0 Å². The van der Waals surface area contributed by atoms with Crippen LogP contribution in [0.1, 0.15) is 11.1 Å². The molecule has 2 aromatic carbocycles. The van der Waals surface area contributed by atoms with Crippen molar-refractivity contribution in [2.75, 3.05) is 0 Å². The van der Waals surface area contributed by atoms with Gasteiger partial charge in [0, 0.05) is 0 Å². The first-order valence-electron chi connectivity index (χ1n) is 5.40. The molecule has 2 aromatic rings. The van der Waals surface area contributed by atoms with Crippen LogP contribution in [0.25, 0.3) is 0 Å². The molecule has 17 heavy (non-hydrogen) atoms. The summed E-state index contributed by atoms with van der Waals surface area (Å²) in [6.07, 6.45) is 0. The zero-order chi connectivity index (χ0) is 12.3. The van der Waals surface area contributed by atoms with Crippen molar-refractivity contribution in [3.05, 3.63) is 58.6 Å². The highest BCUT2D eigenvalue weighted by atomic mass is 35.5. The number of aryl methyl sites for hydroxylation is 2. The van der Waals surface area contributed by atoms with Gasteiger partial charge >= 0.3 is 0 Å². The minimum absolute atomic E-state index is 0.626. The quantitative estimate of drug-likeness (QED) is 0.635. The summed E-state index contributed by atoms with van der Waals surface area (Å²) in [4.78, 5) is 0. The van der Waals surface area contributed by atoms with Crippen molar-refractivity contribution in [3.63, 3.8) is 0 Å². The number of rotatable bonds is 2. The summed E-state index contributed by atoms with van der Waals surface area (Å²) in [6.45, 7) is 4.03. The minimum Gasteiger partial charge on any atom is -0.151 e. The Morgan fingerprint density at radius 2 is 1.47 bits per heavy atom. The van der Waals surface area contributed by atoms with Crippen LogP contribution in [0.3, 0.4) is 0 Å². The fourth-order valence-electron chi connectivity index (χ4n) is 1.42. The molecule has 86 valence electrons. The van der Waals surface area contributed by atoms with E-state index in [1.54, 1.807) is 0 Å². The maximum atomic E-state index is 6.07. The summed E-state index contributed by atoms with van der Waals surface area (Å²) in [5.74, 6) is 0. The highest BCUT2D eigenvalue weighted by molar-refractivity contribution is 6.33. The van der Waals surface area contributed by atoms with Crippen LogP contribution in [0.2, 0.25) is 5.02 Å². The Balaban J connectivity index is 2.23. The van der Waals surface area contributed by atoms with Crippen LogP contribution < -0.4 is 0 Å². The predicted octanol–water partition coefficient (Wildman–Crippen LogP) is 5.37. The van der Waals surface area contributed by atoms with E-state index in [9.17, 15) is 0 Å². The Labute approximate surface area is 106 Å². The Bertz CT molecular complexity index is 545. The molecule has 0 N–H and O–H groups in total. The molecule has 0 heterocycles. The molecule has 0 aliphatic rings. The summed E-state index contributed by atoms with van der Waals surface area (Å²) in [6, 6.07) is 13.6. The van der Waals surface area contributed by atoms with Crippen LogP contribution in [-0.4, -0.2) is 0 Å². The summed E-state index contributed by atoms with van der Waals surface area (Å²) in [5.41, 5.74) is 3.84. The highest BCUT2D eigenvalue weighted by Gasteiger charge is 1.98. The van der Waals surface area contributed by atoms with Crippen molar-refractivity contribution in [2.24, 2.45) is 10.2 Å². The Morgan fingerprint density at radius 3 is 2.12 bits per heavy atom. The number of benzene rings is 2. The molecule has 0 aliphatic heterocycles. The lowest BCUT2D eigenvalue weighted by Gasteiger charge is -1.98. The molecule has 0 saturated heterocycles. The molecule has 0 bridgehead atoms. The maximum Gasteiger partial charge on any atom is 0.104 e. The third-order valence-electron chi connectivity index (χ3n) is 2.41. The van der Waals surface area contributed by atoms with E-state index in [2.05, 4.69) is 10.2 Å². The lowest BCUT2D eigenvalue weighted by Crippen LogP contribution is -1.72. The number of hydrogen-bond donors (Lipinski definition) is 0. The molecular formula is C14H13ClN2. The second-order valence-electron chi connectivity index (χ2n) is 3.99. The monoisotopic (exact) mass is 244 g/mol. The molecule has 2 nitrogen and oxygen atoms in total. The third-order valence-corrected chi connectivity index (χ3v) is 2.71. The van der Waals surface area contributed by atoms with Crippen LogP contribution in [0, 0.1) is 13.8 Å². The molecule has 3 heteroatoms. The van der Waals surface area contributed by atoms with Crippen LogP contribution in [0.4, 0.5) is 11.4 Å². The Kier molecular flexibility index (Phi) is 3.55. The van der Waals surface area contributed by atoms with Gasteiger partial charge < -0.3 is 0 Å². The molecule has 0 radical (unpaired) electrons. The van der Waals surface area contributed by atoms with Gasteiger partial charge in [-0.3, -0.25) is 0 Å². The molecular weight excluding hydrogens is 232 g/mol. The largest absolute Gasteiger partial charge is 0.151 e. The first kappa shape index (κ1) is 11.8. The Morgan fingerprint density at radius 1 is 0.824 bits per heavy atom. The first-order chi connectivity index (χ1) is 8.15. The predicted molar refractivity (Wildman–Crippen MR) is 71.5 cm³/mol. The second kappa shape index (κ2) is 5.11. The summed E-state index contributed by atoms with van der Waals surface area (Å²) in [5, 5.41) is 8.91. The average molecular weight is 245 g/mol. The van der Waals surface area contributed by atoms with Crippen molar-refractivity contribution >= 4 is 23.0 Å². The van der Waals surface area contributed by atoms with Gasteiger partial charge in [0.25, 0.3) is 0 Å². The summed E-state index contributed by atoms with van der Waals surface area (Å²) >= 11 is 6.07. The van der Waals surface area contributed by atoms with Crippen molar-refractivity contribution in [1.82, 2.24) is 0 Å². The van der Waals surface area contributed by atoms with Gasteiger partial charge in [0.15, 0.2) is 0 Å². The van der Waals surface area contributed by atoms with Crippen LogP contribution in [0.15, 0.2) is 52.7 Å². The SMILES string of the molecule is Cc1ccc(N=Nc2ccc(C)cc2Cl)cc1. The van der Waals surface area contributed by atoms with E-state index in [1.165, 1.54) is 5.56 Å². The van der Waals surface area contributed by atoms with Crippen molar-refractivity contribution in [2.45, 2.75) is 13.8 Å². The van der Waals surface area contributed by atoms with Gasteiger partial charge in [-0.15, -0.1) is 5.11 Å². The second-order valence-corrected chi connectivity index (χ2v) is 4.40. The average Bonchev–Trinajstić information content (AvgIpc) is 2.30. The molecule has 2 rings (SSSR count). The zero-order valence-electron chi connectivity index (χ0n) is 9.81. The summed E-state index contributed by atoms with van der Waals surface area (Å²) < 4.78 is 0. The molecule has 0 saturated carbocycles. The minimum atomic E-state index is 0.626. The van der Waals surface area contributed by atoms with E-state index in [4.69, 9.17) is 11.6 Å². The smallest absolute Gasteiger partial charge is 0.104 e. The van der Waals surface area contributed by atoms with Crippen molar-refractivity contribution < 1.29 is 0 Å². The van der Waals surface area contributed by atoms with E-state index < -0.39 is 0 Å². The van der Waals surface area contributed by atoms with Gasteiger partial charge in [-0.25, -0.2) is 0 Å². The zero-order valence-corrected chi connectivity index (χ0v) is 10.6.